The molecule has 0 saturated carbocycles. The molecule has 9 nitrogen and oxygen atoms in total. The van der Waals surface area contributed by atoms with Crippen LogP contribution in [0.25, 0.3) is 11.0 Å². The van der Waals surface area contributed by atoms with Gasteiger partial charge in [0.25, 0.3) is 5.91 Å². The minimum absolute atomic E-state index is 0.0791. The zero-order valence-corrected chi connectivity index (χ0v) is 18.6. The zero-order chi connectivity index (χ0) is 24.1. The lowest BCUT2D eigenvalue weighted by molar-refractivity contribution is -0.128. The van der Waals surface area contributed by atoms with Gasteiger partial charge in [0.15, 0.2) is 6.10 Å². The molecule has 1 heterocycles. The van der Waals surface area contributed by atoms with Crippen molar-refractivity contribution in [3.63, 3.8) is 0 Å². The van der Waals surface area contributed by atoms with E-state index in [1.54, 1.807) is 72.8 Å². The fourth-order valence-corrected chi connectivity index (χ4v) is 3.61. The summed E-state index contributed by atoms with van der Waals surface area (Å²) < 4.78 is 5.26. The molecule has 2 atom stereocenters. The Bertz CT molecular complexity index is 1300. The monoisotopic (exact) mass is 479 g/mol. The maximum Gasteiger partial charge on any atom is 0.408 e. The molecule has 1 aromatic heterocycles. The van der Waals surface area contributed by atoms with Crippen molar-refractivity contribution in [1.82, 2.24) is 15.3 Å². The number of anilines is 1. The van der Waals surface area contributed by atoms with Crippen molar-refractivity contribution >= 4 is 40.3 Å². The smallest absolute Gasteiger partial charge is 0.408 e. The summed E-state index contributed by atoms with van der Waals surface area (Å²) >= 11 is 6.10. The van der Waals surface area contributed by atoms with Crippen LogP contribution in [0.5, 0.6) is 0 Å². The van der Waals surface area contributed by atoms with Crippen LogP contribution in [0.3, 0.4) is 0 Å². The Kier molecular flexibility index (Phi) is 7.07. The van der Waals surface area contributed by atoms with Crippen molar-refractivity contribution in [2.45, 2.75) is 18.8 Å². The summed E-state index contributed by atoms with van der Waals surface area (Å²) in [6.45, 7) is -0.0791. The number of alkyl carbamates (subject to hydrolysis) is 1. The summed E-state index contributed by atoms with van der Waals surface area (Å²) in [5, 5.41) is 14.8. The predicted octanol–water partition coefficient (Wildman–Crippen LogP) is 3.45. The van der Waals surface area contributed by atoms with Crippen molar-refractivity contribution < 1.29 is 19.4 Å². The number of carbonyl (C=O) groups excluding carboxylic acids is 2. The Hall–Kier alpha value is -3.92. The molecule has 2 amide bonds. The molecule has 174 valence electrons. The maximum atomic E-state index is 13.1. The molecule has 0 saturated heterocycles. The number of imidazole rings is 1. The highest BCUT2D eigenvalue weighted by atomic mass is 35.5. The number of ether oxygens (including phenoxy) is 1. The van der Waals surface area contributed by atoms with Crippen molar-refractivity contribution in [3.8, 4) is 0 Å². The van der Waals surface area contributed by atoms with Gasteiger partial charge in [-0.25, -0.2) is 20.6 Å². The number of halogens is 1. The number of benzene rings is 3. The van der Waals surface area contributed by atoms with Gasteiger partial charge >= 0.3 is 6.09 Å². The summed E-state index contributed by atoms with van der Waals surface area (Å²) in [5.74, 6) is 5.21. The molecule has 0 fully saturated rings. The lowest BCUT2D eigenvalue weighted by atomic mass is 10.0. The van der Waals surface area contributed by atoms with Crippen molar-refractivity contribution in [1.29, 1.82) is 0 Å². The van der Waals surface area contributed by atoms with E-state index in [0.29, 0.717) is 32.9 Å². The van der Waals surface area contributed by atoms with Crippen molar-refractivity contribution in [2.75, 3.05) is 5.01 Å². The third-order valence-corrected chi connectivity index (χ3v) is 5.61. The van der Waals surface area contributed by atoms with Gasteiger partial charge in [-0.1, -0.05) is 60.1 Å². The number of hydrazine groups is 1. The Morgan fingerprint density at radius 3 is 2.62 bits per heavy atom. The van der Waals surface area contributed by atoms with E-state index in [1.165, 1.54) is 6.33 Å². The van der Waals surface area contributed by atoms with Gasteiger partial charge in [-0.15, -0.1) is 0 Å². The van der Waals surface area contributed by atoms with Gasteiger partial charge in [0.2, 0.25) is 0 Å². The number of nitrogens with one attached hydrogen (secondary N) is 2. The number of H-pyrrole nitrogens is 1. The third kappa shape index (κ3) is 5.18. The fourth-order valence-electron chi connectivity index (χ4n) is 3.42. The van der Waals surface area contributed by atoms with Gasteiger partial charge in [0, 0.05) is 10.6 Å². The first kappa shape index (κ1) is 23.2. The van der Waals surface area contributed by atoms with Gasteiger partial charge in [0.05, 0.1) is 29.1 Å². The molecular weight excluding hydrogens is 458 g/mol. The van der Waals surface area contributed by atoms with E-state index < -0.39 is 24.1 Å². The van der Waals surface area contributed by atoms with Gasteiger partial charge in [0.1, 0.15) is 6.61 Å². The number of aromatic nitrogens is 2. The Balaban J connectivity index is 1.50. The predicted molar refractivity (Wildman–Crippen MR) is 128 cm³/mol. The van der Waals surface area contributed by atoms with E-state index in [1.807, 2.05) is 0 Å². The molecule has 4 rings (SSSR count). The molecule has 0 bridgehead atoms. The topological polar surface area (TPSA) is 134 Å². The Morgan fingerprint density at radius 2 is 1.85 bits per heavy atom. The molecule has 2 unspecified atom stereocenters. The maximum absolute atomic E-state index is 13.1. The van der Waals surface area contributed by atoms with E-state index in [4.69, 9.17) is 22.2 Å². The largest absolute Gasteiger partial charge is 0.445 e. The molecule has 5 N–H and O–H groups in total. The average molecular weight is 480 g/mol. The highest BCUT2D eigenvalue weighted by Gasteiger charge is 2.32. The van der Waals surface area contributed by atoms with E-state index >= 15 is 0 Å². The van der Waals surface area contributed by atoms with Crippen LogP contribution in [0, 0.1) is 0 Å². The molecule has 0 radical (unpaired) electrons. The fraction of sp³-hybridized carbons (Fsp3) is 0.125. The van der Waals surface area contributed by atoms with E-state index in [9.17, 15) is 14.7 Å². The Morgan fingerprint density at radius 1 is 1.12 bits per heavy atom. The van der Waals surface area contributed by atoms with Crippen LogP contribution >= 0.6 is 11.6 Å². The van der Waals surface area contributed by atoms with Crippen LogP contribution in [-0.4, -0.2) is 33.2 Å². The summed E-state index contributed by atoms with van der Waals surface area (Å²) in [5.41, 5.74) is 2.84. The SMILES string of the molecule is NN(C(=O)C(O)C(NC(=O)OCc1ccccc1Cl)c1ccccc1)c1ccc2nc[nH]c2c1. The lowest BCUT2D eigenvalue weighted by Crippen LogP contribution is -2.50. The third-order valence-electron chi connectivity index (χ3n) is 5.24. The second-order valence-corrected chi connectivity index (χ2v) is 7.86. The first-order valence-corrected chi connectivity index (χ1v) is 10.7. The molecule has 0 aliphatic heterocycles. The van der Waals surface area contributed by atoms with Crippen LogP contribution in [0.4, 0.5) is 10.5 Å². The Labute approximate surface area is 200 Å². The molecule has 0 spiro atoms. The zero-order valence-electron chi connectivity index (χ0n) is 17.9. The molecule has 4 aromatic rings. The minimum Gasteiger partial charge on any atom is -0.445 e. The first-order valence-electron chi connectivity index (χ1n) is 10.4. The molecule has 0 aliphatic rings. The molecule has 10 heteroatoms. The van der Waals surface area contributed by atoms with Crippen LogP contribution < -0.4 is 16.2 Å². The quantitative estimate of drug-likeness (QED) is 0.182. The molecule has 0 aliphatic carbocycles. The summed E-state index contributed by atoms with van der Waals surface area (Å²) in [6.07, 6.45) is -1.00. The number of amides is 2. The van der Waals surface area contributed by atoms with Gasteiger partial charge < -0.3 is 20.1 Å². The number of hydrogen-bond donors (Lipinski definition) is 4. The first-order chi connectivity index (χ1) is 16.4. The van der Waals surface area contributed by atoms with Crippen LogP contribution in [-0.2, 0) is 16.1 Å². The number of aliphatic hydroxyl groups is 1. The second kappa shape index (κ2) is 10.3. The van der Waals surface area contributed by atoms with Crippen LogP contribution in [0.1, 0.15) is 17.2 Å². The van der Waals surface area contributed by atoms with Crippen molar-refractivity contribution in [3.05, 3.63) is 95.3 Å². The summed E-state index contributed by atoms with van der Waals surface area (Å²) in [4.78, 5) is 32.7. The van der Waals surface area contributed by atoms with Gasteiger partial charge in [-0.05, 0) is 29.8 Å². The number of nitrogens with two attached hydrogens (primary N) is 1. The number of aromatic amines is 1. The number of rotatable bonds is 7. The lowest BCUT2D eigenvalue weighted by Gasteiger charge is -2.27. The highest BCUT2D eigenvalue weighted by Crippen LogP contribution is 2.23. The van der Waals surface area contributed by atoms with Crippen LogP contribution in [0.2, 0.25) is 5.02 Å². The number of carbonyl (C=O) groups is 2. The van der Waals surface area contributed by atoms with Crippen molar-refractivity contribution in [2.24, 2.45) is 5.84 Å². The summed E-state index contributed by atoms with van der Waals surface area (Å²) in [6, 6.07) is 19.3. The second-order valence-electron chi connectivity index (χ2n) is 7.46. The van der Waals surface area contributed by atoms with Crippen LogP contribution in [0.15, 0.2) is 79.1 Å². The molecule has 3 aromatic carbocycles. The molecular formula is C24H22ClN5O4. The highest BCUT2D eigenvalue weighted by molar-refractivity contribution is 6.31. The number of aliphatic hydroxyl groups excluding tert-OH is 1. The average Bonchev–Trinajstić information content (AvgIpc) is 3.34. The number of fused-ring (bicyclic) bond motifs is 1. The number of hydrogen-bond acceptors (Lipinski definition) is 6. The van der Waals surface area contributed by atoms with E-state index in [0.717, 1.165) is 5.01 Å². The van der Waals surface area contributed by atoms with E-state index in [2.05, 4.69) is 15.3 Å². The van der Waals surface area contributed by atoms with Gasteiger partial charge in [-0.3, -0.25) is 4.79 Å². The summed E-state index contributed by atoms with van der Waals surface area (Å²) in [7, 11) is 0. The normalized spacial score (nSPS) is 12.7. The van der Waals surface area contributed by atoms with Gasteiger partial charge in [-0.2, -0.15) is 0 Å². The molecule has 34 heavy (non-hydrogen) atoms. The van der Waals surface area contributed by atoms with E-state index in [-0.39, 0.29) is 6.61 Å². The minimum atomic E-state index is -1.70. The standard InChI is InChI=1S/C24H22ClN5O4/c25-18-9-5-4-8-16(18)13-34-24(33)29-21(15-6-2-1-3-7-15)22(31)23(32)30(26)17-10-11-19-20(12-17)28-14-27-19/h1-12,14,21-22,31H,13,26H2,(H,27,28)(H,29,33). The number of nitrogens with zero attached hydrogens (tertiary/aromatic N) is 2.